The molecule has 2 N–H and O–H groups in total. The van der Waals surface area contributed by atoms with Crippen molar-refractivity contribution in [2.24, 2.45) is 5.73 Å². The van der Waals surface area contributed by atoms with Crippen LogP contribution in [-0.2, 0) is 13.1 Å². The van der Waals surface area contributed by atoms with Gasteiger partial charge in [0.25, 0.3) is 0 Å². The van der Waals surface area contributed by atoms with E-state index in [1.54, 1.807) is 6.20 Å². The molecule has 0 saturated carbocycles. The van der Waals surface area contributed by atoms with Gasteiger partial charge in [0.1, 0.15) is 0 Å². The Morgan fingerprint density at radius 3 is 2.83 bits per heavy atom. The van der Waals surface area contributed by atoms with Crippen LogP contribution in [0.1, 0.15) is 11.3 Å². The highest BCUT2D eigenvalue weighted by molar-refractivity contribution is 5.19. The maximum Gasteiger partial charge on any atom is 0.0584 e. The maximum atomic E-state index is 5.55. The lowest BCUT2D eigenvalue weighted by Gasteiger charge is -2.11. The summed E-state index contributed by atoms with van der Waals surface area (Å²) in [7, 11) is 4.07. The number of aromatic nitrogens is 1. The van der Waals surface area contributed by atoms with Crippen LogP contribution in [0.2, 0.25) is 0 Å². The third-order valence-electron chi connectivity index (χ3n) is 1.66. The summed E-state index contributed by atoms with van der Waals surface area (Å²) >= 11 is 0. The van der Waals surface area contributed by atoms with E-state index in [1.165, 1.54) is 5.56 Å². The van der Waals surface area contributed by atoms with Crippen LogP contribution < -0.4 is 5.73 Å². The van der Waals surface area contributed by atoms with Crippen molar-refractivity contribution in [3.63, 3.8) is 0 Å². The summed E-state index contributed by atoms with van der Waals surface area (Å²) in [6.45, 7) is 1.42. The summed E-state index contributed by atoms with van der Waals surface area (Å²) in [5.74, 6) is 0. The molecule has 1 aromatic rings. The molecule has 0 bridgehead atoms. The topological polar surface area (TPSA) is 42.2 Å². The Kier molecular flexibility index (Phi) is 3.19. The van der Waals surface area contributed by atoms with Gasteiger partial charge in [0.15, 0.2) is 0 Å². The fourth-order valence-electron chi connectivity index (χ4n) is 1.14. The Hall–Kier alpha value is -0.930. The van der Waals surface area contributed by atoms with Crippen molar-refractivity contribution in [3.05, 3.63) is 29.6 Å². The first-order valence-electron chi connectivity index (χ1n) is 4.01. The Morgan fingerprint density at radius 1 is 1.50 bits per heavy atom. The highest BCUT2D eigenvalue weighted by atomic mass is 15.0. The number of nitrogens with zero attached hydrogens (tertiary/aromatic N) is 2. The lowest BCUT2D eigenvalue weighted by molar-refractivity contribution is 0.400. The number of rotatable bonds is 3. The van der Waals surface area contributed by atoms with E-state index < -0.39 is 0 Å². The predicted molar refractivity (Wildman–Crippen MR) is 49.5 cm³/mol. The van der Waals surface area contributed by atoms with Crippen molar-refractivity contribution in [2.45, 2.75) is 13.1 Å². The zero-order valence-corrected chi connectivity index (χ0v) is 7.62. The van der Waals surface area contributed by atoms with Gasteiger partial charge in [-0.25, -0.2) is 0 Å². The van der Waals surface area contributed by atoms with Crippen molar-refractivity contribution in [2.75, 3.05) is 14.1 Å². The highest BCUT2D eigenvalue weighted by Gasteiger charge is 2.01. The molecule has 0 aliphatic heterocycles. The first-order valence-corrected chi connectivity index (χ1v) is 4.01. The lowest BCUT2D eigenvalue weighted by atomic mass is 10.2. The summed E-state index contributed by atoms with van der Waals surface area (Å²) < 4.78 is 0. The van der Waals surface area contributed by atoms with Crippen LogP contribution in [0.5, 0.6) is 0 Å². The molecule has 0 aromatic carbocycles. The Balaban J connectivity index is 2.82. The SMILES string of the molecule is CN(C)Cc1cccnc1CN. The smallest absolute Gasteiger partial charge is 0.0584 e. The fraction of sp³-hybridized carbons (Fsp3) is 0.444. The molecule has 1 rings (SSSR count). The zero-order chi connectivity index (χ0) is 8.97. The molecule has 0 atom stereocenters. The highest BCUT2D eigenvalue weighted by Crippen LogP contribution is 2.05. The zero-order valence-electron chi connectivity index (χ0n) is 7.62. The molecule has 3 heteroatoms. The number of hydrogen-bond donors (Lipinski definition) is 1. The quantitative estimate of drug-likeness (QED) is 0.713. The van der Waals surface area contributed by atoms with Crippen molar-refractivity contribution < 1.29 is 0 Å². The molecule has 0 radical (unpaired) electrons. The van der Waals surface area contributed by atoms with Gasteiger partial charge in [-0.15, -0.1) is 0 Å². The van der Waals surface area contributed by atoms with Gasteiger partial charge >= 0.3 is 0 Å². The van der Waals surface area contributed by atoms with Crippen LogP contribution in [0.15, 0.2) is 18.3 Å². The van der Waals surface area contributed by atoms with Crippen LogP contribution >= 0.6 is 0 Å². The predicted octanol–water partition coefficient (Wildman–Crippen LogP) is 0.602. The molecule has 0 aliphatic rings. The molecule has 0 spiro atoms. The Morgan fingerprint density at radius 2 is 2.25 bits per heavy atom. The van der Waals surface area contributed by atoms with Gasteiger partial charge in [0, 0.05) is 19.3 Å². The number of pyridine rings is 1. The lowest BCUT2D eigenvalue weighted by Crippen LogP contribution is -2.14. The number of hydrogen-bond acceptors (Lipinski definition) is 3. The summed E-state index contributed by atoms with van der Waals surface area (Å²) in [5.41, 5.74) is 7.75. The second-order valence-electron chi connectivity index (χ2n) is 3.05. The van der Waals surface area contributed by atoms with Crippen molar-refractivity contribution in [3.8, 4) is 0 Å². The van der Waals surface area contributed by atoms with Gasteiger partial charge in [0.2, 0.25) is 0 Å². The number of nitrogens with two attached hydrogens (primary N) is 1. The molecule has 66 valence electrons. The first kappa shape index (κ1) is 9.16. The average molecular weight is 165 g/mol. The standard InChI is InChI=1S/C9H15N3/c1-12(2)7-8-4-3-5-11-9(8)6-10/h3-5H,6-7,10H2,1-2H3. The summed E-state index contributed by atoms with van der Waals surface area (Å²) in [6, 6.07) is 4.01. The van der Waals surface area contributed by atoms with Crippen molar-refractivity contribution in [1.82, 2.24) is 9.88 Å². The molecule has 0 fully saturated rings. The summed E-state index contributed by atoms with van der Waals surface area (Å²) in [5, 5.41) is 0. The van der Waals surface area contributed by atoms with E-state index in [-0.39, 0.29) is 0 Å². The van der Waals surface area contributed by atoms with E-state index >= 15 is 0 Å². The van der Waals surface area contributed by atoms with E-state index in [9.17, 15) is 0 Å². The average Bonchev–Trinajstić information content (AvgIpc) is 2.04. The Labute approximate surface area is 73.2 Å². The molecule has 1 aromatic heterocycles. The van der Waals surface area contributed by atoms with E-state index in [1.807, 2.05) is 20.2 Å². The van der Waals surface area contributed by atoms with Gasteiger partial charge in [-0.3, -0.25) is 4.98 Å². The van der Waals surface area contributed by atoms with Gasteiger partial charge in [-0.05, 0) is 25.7 Å². The molecular formula is C9H15N3. The molecule has 0 aliphatic carbocycles. The second kappa shape index (κ2) is 4.18. The largest absolute Gasteiger partial charge is 0.325 e. The fourth-order valence-corrected chi connectivity index (χ4v) is 1.14. The second-order valence-corrected chi connectivity index (χ2v) is 3.05. The normalized spacial score (nSPS) is 10.7. The first-order chi connectivity index (χ1) is 5.74. The maximum absolute atomic E-state index is 5.55. The summed E-state index contributed by atoms with van der Waals surface area (Å²) in [6.07, 6.45) is 1.78. The summed E-state index contributed by atoms with van der Waals surface area (Å²) in [4.78, 5) is 6.31. The third kappa shape index (κ3) is 2.29. The Bertz CT molecular complexity index is 245. The van der Waals surface area contributed by atoms with Gasteiger partial charge in [0.05, 0.1) is 5.69 Å². The van der Waals surface area contributed by atoms with E-state index in [0.717, 1.165) is 12.2 Å². The minimum absolute atomic E-state index is 0.518. The van der Waals surface area contributed by atoms with Gasteiger partial charge in [-0.1, -0.05) is 6.07 Å². The minimum Gasteiger partial charge on any atom is -0.325 e. The molecule has 1 heterocycles. The molecule has 0 unspecified atom stereocenters. The molecule has 12 heavy (non-hydrogen) atoms. The van der Waals surface area contributed by atoms with Crippen LogP contribution in [0.3, 0.4) is 0 Å². The van der Waals surface area contributed by atoms with Crippen LogP contribution in [0.4, 0.5) is 0 Å². The minimum atomic E-state index is 0.518. The van der Waals surface area contributed by atoms with E-state index in [4.69, 9.17) is 5.73 Å². The van der Waals surface area contributed by atoms with Crippen molar-refractivity contribution in [1.29, 1.82) is 0 Å². The molecule has 0 amide bonds. The molecule has 0 saturated heterocycles. The van der Waals surface area contributed by atoms with Crippen LogP contribution in [-0.4, -0.2) is 24.0 Å². The van der Waals surface area contributed by atoms with E-state index in [0.29, 0.717) is 6.54 Å². The monoisotopic (exact) mass is 165 g/mol. The van der Waals surface area contributed by atoms with Crippen molar-refractivity contribution >= 4 is 0 Å². The van der Waals surface area contributed by atoms with Gasteiger partial charge in [-0.2, -0.15) is 0 Å². The molecular weight excluding hydrogens is 150 g/mol. The van der Waals surface area contributed by atoms with Gasteiger partial charge < -0.3 is 10.6 Å². The third-order valence-corrected chi connectivity index (χ3v) is 1.66. The van der Waals surface area contributed by atoms with Crippen LogP contribution in [0, 0.1) is 0 Å². The van der Waals surface area contributed by atoms with E-state index in [2.05, 4.69) is 16.0 Å². The van der Waals surface area contributed by atoms with Crippen LogP contribution in [0.25, 0.3) is 0 Å². The molecule has 3 nitrogen and oxygen atoms in total.